The van der Waals surface area contributed by atoms with Crippen molar-refractivity contribution in [3.05, 3.63) is 41.0 Å². The molecule has 0 spiro atoms. The maximum Gasteiger partial charge on any atom is 0.120 e. The molecule has 118 valence electrons. The van der Waals surface area contributed by atoms with Crippen molar-refractivity contribution in [2.75, 3.05) is 13.2 Å². The predicted molar refractivity (Wildman–Crippen MR) is 89.5 cm³/mol. The van der Waals surface area contributed by atoms with Gasteiger partial charge < -0.3 is 15.2 Å². The number of aromatic amines is 1. The Labute approximate surface area is 135 Å². The molecule has 0 radical (unpaired) electrons. The molecule has 5 nitrogen and oxygen atoms in total. The van der Waals surface area contributed by atoms with E-state index in [4.69, 9.17) is 17.0 Å². The molecule has 0 fully saturated rings. The van der Waals surface area contributed by atoms with Gasteiger partial charge in [-0.2, -0.15) is 5.10 Å². The number of rotatable bonds is 7. The van der Waals surface area contributed by atoms with Crippen molar-refractivity contribution in [3.8, 4) is 17.0 Å². The molecule has 0 bridgehead atoms. The second-order valence-electron chi connectivity index (χ2n) is 5.36. The molecule has 2 aromatic rings. The number of aliphatic hydroxyl groups excluding tert-OH is 1. The zero-order valence-corrected chi connectivity index (χ0v) is 13.6. The van der Waals surface area contributed by atoms with Gasteiger partial charge in [0.25, 0.3) is 0 Å². The maximum atomic E-state index is 9.86. The molecule has 0 amide bonds. The molecule has 1 aromatic carbocycles. The second-order valence-corrected chi connectivity index (χ2v) is 5.80. The molecule has 0 saturated carbocycles. The lowest BCUT2D eigenvalue weighted by Crippen LogP contribution is -2.35. The van der Waals surface area contributed by atoms with Crippen LogP contribution in [0.4, 0.5) is 0 Å². The van der Waals surface area contributed by atoms with Gasteiger partial charge in [0.15, 0.2) is 0 Å². The Morgan fingerprint density at radius 1 is 1.32 bits per heavy atom. The van der Waals surface area contributed by atoms with Crippen LogP contribution in [0.25, 0.3) is 11.3 Å². The lowest BCUT2D eigenvalue weighted by molar-refractivity contribution is 0.104. The molecule has 1 unspecified atom stereocenters. The van der Waals surface area contributed by atoms with E-state index in [-0.39, 0.29) is 6.61 Å². The lowest BCUT2D eigenvalue weighted by atomic mass is 10.1. The Bertz CT molecular complexity index is 637. The molecule has 0 aliphatic heterocycles. The Morgan fingerprint density at radius 3 is 2.82 bits per heavy atom. The van der Waals surface area contributed by atoms with Gasteiger partial charge in [0.2, 0.25) is 0 Å². The number of aromatic nitrogens is 2. The third-order valence-electron chi connectivity index (χ3n) is 3.01. The predicted octanol–water partition coefficient (Wildman–Crippen LogP) is 2.54. The van der Waals surface area contributed by atoms with E-state index in [2.05, 4.69) is 15.5 Å². The number of nitrogens with one attached hydrogen (secondary N) is 2. The highest BCUT2D eigenvalue weighted by molar-refractivity contribution is 7.71. The van der Waals surface area contributed by atoms with Gasteiger partial charge in [0, 0.05) is 18.2 Å². The molecular formula is C16H21N3O2S. The number of ether oxygens (including phenoxy) is 1. The highest BCUT2D eigenvalue weighted by Gasteiger charge is 2.07. The number of nitrogens with zero attached hydrogens (tertiary/aromatic N) is 1. The number of hydrogen-bond acceptors (Lipinski definition) is 5. The van der Waals surface area contributed by atoms with E-state index < -0.39 is 6.10 Å². The summed E-state index contributed by atoms with van der Waals surface area (Å²) < 4.78 is 6.23. The second kappa shape index (κ2) is 8.03. The first kappa shape index (κ1) is 16.6. The zero-order valence-electron chi connectivity index (χ0n) is 12.7. The summed E-state index contributed by atoms with van der Waals surface area (Å²) in [5.74, 6) is 0.699. The summed E-state index contributed by atoms with van der Waals surface area (Å²) in [5.41, 5.74) is 1.72. The Morgan fingerprint density at radius 2 is 2.14 bits per heavy atom. The minimum Gasteiger partial charge on any atom is -0.491 e. The standard InChI is InChI=1S/C16H21N3O2S/c1-11(2)17-9-13(20)10-21-14-5-3-4-12(8-14)15-6-7-16(22)19-18-15/h3-8,11,13,17,20H,9-10H2,1-2H3,(H,19,22). The Balaban J connectivity index is 1.97. The monoisotopic (exact) mass is 319 g/mol. The van der Waals surface area contributed by atoms with Crippen LogP contribution in [0, 0.1) is 4.64 Å². The van der Waals surface area contributed by atoms with Crippen molar-refractivity contribution in [2.45, 2.75) is 26.0 Å². The summed E-state index contributed by atoms with van der Waals surface area (Å²) in [4.78, 5) is 0. The third-order valence-corrected chi connectivity index (χ3v) is 3.24. The van der Waals surface area contributed by atoms with Crippen LogP contribution in [-0.4, -0.2) is 40.6 Å². The minimum absolute atomic E-state index is 0.244. The summed E-state index contributed by atoms with van der Waals surface area (Å²) >= 11 is 4.98. The molecule has 6 heteroatoms. The van der Waals surface area contributed by atoms with Gasteiger partial charge in [-0.3, -0.25) is 5.10 Å². The average Bonchev–Trinajstić information content (AvgIpc) is 2.52. The average molecular weight is 319 g/mol. The van der Waals surface area contributed by atoms with Gasteiger partial charge in [-0.05, 0) is 24.3 Å². The lowest BCUT2D eigenvalue weighted by Gasteiger charge is -2.15. The van der Waals surface area contributed by atoms with Gasteiger partial charge in [0.1, 0.15) is 23.1 Å². The molecule has 1 heterocycles. The fourth-order valence-corrected chi connectivity index (χ4v) is 1.99. The van der Waals surface area contributed by atoms with Crippen molar-refractivity contribution >= 4 is 12.2 Å². The van der Waals surface area contributed by atoms with Crippen LogP contribution in [0.5, 0.6) is 5.75 Å². The van der Waals surface area contributed by atoms with Crippen molar-refractivity contribution in [2.24, 2.45) is 0 Å². The molecule has 0 aliphatic rings. The fourth-order valence-electron chi connectivity index (χ4n) is 1.87. The fraction of sp³-hybridized carbons (Fsp3) is 0.375. The Hall–Kier alpha value is -1.76. The summed E-state index contributed by atoms with van der Waals surface area (Å²) in [6.07, 6.45) is -0.544. The molecule has 0 saturated heterocycles. The molecule has 1 atom stereocenters. The van der Waals surface area contributed by atoms with E-state index >= 15 is 0 Å². The minimum atomic E-state index is -0.544. The molecule has 1 aromatic heterocycles. The van der Waals surface area contributed by atoms with E-state index in [1.165, 1.54) is 0 Å². The smallest absolute Gasteiger partial charge is 0.120 e. The highest BCUT2D eigenvalue weighted by atomic mass is 32.1. The van der Waals surface area contributed by atoms with Gasteiger partial charge in [0.05, 0.1) is 5.69 Å². The van der Waals surface area contributed by atoms with Crippen LogP contribution < -0.4 is 10.1 Å². The number of hydrogen-bond donors (Lipinski definition) is 3. The highest BCUT2D eigenvalue weighted by Crippen LogP contribution is 2.21. The number of benzene rings is 1. The summed E-state index contributed by atoms with van der Waals surface area (Å²) in [7, 11) is 0. The molecule has 2 rings (SSSR count). The molecule has 22 heavy (non-hydrogen) atoms. The van der Waals surface area contributed by atoms with Crippen LogP contribution >= 0.6 is 12.2 Å². The SMILES string of the molecule is CC(C)NCC(O)COc1cccc(-c2ccc(=S)[nH]n2)c1. The first-order valence-corrected chi connectivity index (χ1v) is 7.66. The van der Waals surface area contributed by atoms with Crippen molar-refractivity contribution in [1.29, 1.82) is 0 Å². The largest absolute Gasteiger partial charge is 0.491 e. The number of H-pyrrole nitrogens is 1. The number of aliphatic hydroxyl groups is 1. The van der Waals surface area contributed by atoms with Gasteiger partial charge in [-0.15, -0.1) is 0 Å². The van der Waals surface area contributed by atoms with Crippen LogP contribution in [0.1, 0.15) is 13.8 Å². The van der Waals surface area contributed by atoms with E-state index in [9.17, 15) is 5.11 Å². The van der Waals surface area contributed by atoms with Gasteiger partial charge in [-0.1, -0.05) is 38.2 Å². The quantitative estimate of drug-likeness (QED) is 0.684. The maximum absolute atomic E-state index is 9.86. The summed E-state index contributed by atoms with van der Waals surface area (Å²) in [5, 5.41) is 20.0. The topological polar surface area (TPSA) is 70.2 Å². The van der Waals surface area contributed by atoms with Crippen LogP contribution in [0.3, 0.4) is 0 Å². The van der Waals surface area contributed by atoms with Crippen LogP contribution in [0.15, 0.2) is 36.4 Å². The van der Waals surface area contributed by atoms with Crippen molar-refractivity contribution < 1.29 is 9.84 Å². The van der Waals surface area contributed by atoms with E-state index in [1.807, 2.05) is 44.2 Å². The van der Waals surface area contributed by atoms with Crippen molar-refractivity contribution in [3.63, 3.8) is 0 Å². The normalized spacial score (nSPS) is 12.4. The van der Waals surface area contributed by atoms with Gasteiger partial charge in [-0.25, -0.2) is 0 Å². The molecule has 3 N–H and O–H groups in total. The van der Waals surface area contributed by atoms with Crippen LogP contribution in [-0.2, 0) is 0 Å². The van der Waals surface area contributed by atoms with Crippen LogP contribution in [0.2, 0.25) is 0 Å². The van der Waals surface area contributed by atoms with Gasteiger partial charge >= 0.3 is 0 Å². The molecule has 0 aliphatic carbocycles. The summed E-state index contributed by atoms with van der Waals surface area (Å²) in [6.45, 7) is 4.83. The third kappa shape index (κ3) is 5.22. The van der Waals surface area contributed by atoms with E-state index in [0.29, 0.717) is 23.0 Å². The zero-order chi connectivity index (χ0) is 15.9. The van der Waals surface area contributed by atoms with Crippen molar-refractivity contribution in [1.82, 2.24) is 15.5 Å². The molecular weight excluding hydrogens is 298 g/mol. The first-order chi connectivity index (χ1) is 10.5. The van der Waals surface area contributed by atoms with E-state index in [1.54, 1.807) is 6.07 Å². The first-order valence-electron chi connectivity index (χ1n) is 7.25. The summed E-state index contributed by atoms with van der Waals surface area (Å²) in [6, 6.07) is 11.6. The van der Waals surface area contributed by atoms with E-state index in [0.717, 1.165) is 11.3 Å². The Kier molecular flexibility index (Phi) is 6.06.